The smallest absolute Gasteiger partial charge is 0.242 e. The Labute approximate surface area is 165 Å². The molecule has 0 saturated carbocycles. The summed E-state index contributed by atoms with van der Waals surface area (Å²) in [4.78, 5) is 0. The minimum Gasteiger partial charge on any atom is -0.370 e. The van der Waals surface area contributed by atoms with Crippen molar-refractivity contribution in [2.75, 3.05) is 0 Å². The van der Waals surface area contributed by atoms with Crippen LogP contribution in [0.25, 0.3) is 43.8 Å². The SMILES string of the molecule is N[B]c1ccc(-c2cccc3ccccc23)cc1-c1cccc2ccccc12. The summed E-state index contributed by atoms with van der Waals surface area (Å²) in [5, 5.41) is 4.99. The summed E-state index contributed by atoms with van der Waals surface area (Å²) >= 11 is 0. The van der Waals surface area contributed by atoms with Gasteiger partial charge in [0, 0.05) is 0 Å². The van der Waals surface area contributed by atoms with Crippen molar-refractivity contribution in [1.82, 2.24) is 0 Å². The second-order valence-electron chi connectivity index (χ2n) is 7.02. The molecular weight excluding hydrogens is 337 g/mol. The lowest BCUT2D eigenvalue weighted by atomic mass is 9.77. The summed E-state index contributed by atoms with van der Waals surface area (Å²) in [6.45, 7) is 0. The van der Waals surface area contributed by atoms with E-state index in [0.717, 1.165) is 11.0 Å². The largest absolute Gasteiger partial charge is 0.370 e. The van der Waals surface area contributed by atoms with Crippen LogP contribution in [0.4, 0.5) is 0 Å². The number of hydrogen-bond acceptors (Lipinski definition) is 1. The Morgan fingerprint density at radius 1 is 0.500 bits per heavy atom. The molecule has 2 heteroatoms. The first-order chi connectivity index (χ1) is 13.8. The molecule has 0 aliphatic carbocycles. The van der Waals surface area contributed by atoms with Crippen LogP contribution >= 0.6 is 0 Å². The second kappa shape index (κ2) is 6.99. The summed E-state index contributed by atoms with van der Waals surface area (Å²) in [7, 11) is 1.70. The summed E-state index contributed by atoms with van der Waals surface area (Å²) in [6.07, 6.45) is 0. The van der Waals surface area contributed by atoms with Crippen LogP contribution in [0.5, 0.6) is 0 Å². The number of fused-ring (bicyclic) bond motifs is 2. The van der Waals surface area contributed by atoms with E-state index >= 15 is 0 Å². The van der Waals surface area contributed by atoms with Gasteiger partial charge in [-0.25, -0.2) is 0 Å². The lowest BCUT2D eigenvalue weighted by Gasteiger charge is -2.14. The first-order valence-corrected chi connectivity index (χ1v) is 9.50. The van der Waals surface area contributed by atoms with E-state index in [1.54, 1.807) is 7.41 Å². The maximum atomic E-state index is 5.99. The van der Waals surface area contributed by atoms with Crippen molar-refractivity contribution in [1.29, 1.82) is 0 Å². The minimum absolute atomic E-state index is 1.04. The molecule has 5 aromatic carbocycles. The van der Waals surface area contributed by atoms with E-state index in [9.17, 15) is 0 Å². The van der Waals surface area contributed by atoms with Crippen LogP contribution in [0.1, 0.15) is 0 Å². The van der Waals surface area contributed by atoms with Gasteiger partial charge in [0.05, 0.1) is 0 Å². The summed E-state index contributed by atoms with van der Waals surface area (Å²) in [6, 6.07) is 36.5. The Hall–Kier alpha value is -3.36. The Morgan fingerprint density at radius 3 is 1.75 bits per heavy atom. The lowest BCUT2D eigenvalue weighted by molar-refractivity contribution is 1.64. The molecule has 2 N–H and O–H groups in total. The van der Waals surface area contributed by atoms with E-state index in [4.69, 9.17) is 5.64 Å². The maximum absolute atomic E-state index is 5.99. The molecule has 0 heterocycles. The van der Waals surface area contributed by atoms with Gasteiger partial charge < -0.3 is 5.64 Å². The van der Waals surface area contributed by atoms with E-state index in [1.165, 1.54) is 38.2 Å². The van der Waals surface area contributed by atoms with Gasteiger partial charge in [-0.05, 0) is 49.9 Å². The lowest BCUT2D eigenvalue weighted by Crippen LogP contribution is -2.25. The standard InChI is InChI=1S/C26H19BN/c28-27-26-16-15-20(23-13-5-9-18-7-1-3-11-21(18)23)17-25(26)24-14-6-10-19-8-2-4-12-22(19)24/h1-17H,28H2. The van der Waals surface area contributed by atoms with Crippen LogP contribution in [0, 0.1) is 0 Å². The molecule has 1 radical (unpaired) electrons. The molecule has 0 fully saturated rings. The average molecular weight is 356 g/mol. The van der Waals surface area contributed by atoms with Gasteiger partial charge in [-0.3, -0.25) is 0 Å². The monoisotopic (exact) mass is 356 g/mol. The first-order valence-electron chi connectivity index (χ1n) is 9.50. The Kier molecular flexibility index (Phi) is 4.19. The molecule has 0 spiro atoms. The number of rotatable bonds is 3. The van der Waals surface area contributed by atoms with Crippen molar-refractivity contribution in [2.45, 2.75) is 0 Å². The predicted octanol–water partition coefficient (Wildman–Crippen LogP) is 5.53. The number of benzene rings is 5. The van der Waals surface area contributed by atoms with Gasteiger partial charge in [-0.1, -0.05) is 103 Å². The van der Waals surface area contributed by atoms with Gasteiger partial charge in [0.15, 0.2) is 0 Å². The summed E-state index contributed by atoms with van der Waals surface area (Å²) in [5.41, 5.74) is 11.8. The van der Waals surface area contributed by atoms with Crippen LogP contribution in [-0.4, -0.2) is 7.41 Å². The summed E-state index contributed by atoms with van der Waals surface area (Å²) in [5.74, 6) is 0. The van der Waals surface area contributed by atoms with Crippen molar-refractivity contribution in [3.05, 3.63) is 103 Å². The van der Waals surface area contributed by atoms with Gasteiger partial charge in [0.1, 0.15) is 0 Å². The van der Waals surface area contributed by atoms with E-state index in [2.05, 4.69) is 103 Å². The minimum atomic E-state index is 1.04. The van der Waals surface area contributed by atoms with Crippen LogP contribution in [-0.2, 0) is 0 Å². The van der Waals surface area contributed by atoms with Crippen LogP contribution in [0.2, 0.25) is 0 Å². The molecule has 0 bridgehead atoms. The zero-order chi connectivity index (χ0) is 18.9. The molecule has 0 amide bonds. The highest BCUT2D eigenvalue weighted by molar-refractivity contribution is 6.52. The van der Waals surface area contributed by atoms with Gasteiger partial charge >= 0.3 is 0 Å². The molecule has 1 nitrogen and oxygen atoms in total. The van der Waals surface area contributed by atoms with Crippen molar-refractivity contribution in [3.63, 3.8) is 0 Å². The molecular formula is C26H19BN. The zero-order valence-electron chi connectivity index (χ0n) is 15.5. The third-order valence-electron chi connectivity index (χ3n) is 5.41. The zero-order valence-corrected chi connectivity index (χ0v) is 15.5. The highest BCUT2D eigenvalue weighted by Gasteiger charge is 2.11. The van der Waals surface area contributed by atoms with Crippen molar-refractivity contribution >= 4 is 34.4 Å². The number of nitrogens with two attached hydrogens (primary N) is 1. The predicted molar refractivity (Wildman–Crippen MR) is 122 cm³/mol. The topological polar surface area (TPSA) is 26.0 Å². The fourth-order valence-corrected chi connectivity index (χ4v) is 4.04. The highest BCUT2D eigenvalue weighted by atomic mass is 14.4. The molecule has 0 unspecified atom stereocenters. The van der Waals surface area contributed by atoms with E-state index < -0.39 is 0 Å². The molecule has 0 aliphatic rings. The molecule has 0 saturated heterocycles. The van der Waals surface area contributed by atoms with Crippen LogP contribution in [0.15, 0.2) is 103 Å². The summed E-state index contributed by atoms with van der Waals surface area (Å²) < 4.78 is 0. The third kappa shape index (κ3) is 2.79. The fraction of sp³-hybridized carbons (Fsp3) is 0. The van der Waals surface area contributed by atoms with Gasteiger partial charge in [-0.15, -0.1) is 0 Å². The fourth-order valence-electron chi connectivity index (χ4n) is 4.04. The number of hydrogen-bond donors (Lipinski definition) is 1. The average Bonchev–Trinajstić information content (AvgIpc) is 2.78. The van der Waals surface area contributed by atoms with Crippen LogP contribution < -0.4 is 11.1 Å². The second-order valence-corrected chi connectivity index (χ2v) is 7.02. The van der Waals surface area contributed by atoms with Crippen LogP contribution in [0.3, 0.4) is 0 Å². The quantitative estimate of drug-likeness (QED) is 0.423. The van der Waals surface area contributed by atoms with E-state index in [1.807, 2.05) is 0 Å². The Balaban J connectivity index is 1.77. The molecule has 0 atom stereocenters. The molecule has 0 aromatic heterocycles. The molecule has 0 aliphatic heterocycles. The van der Waals surface area contributed by atoms with Crippen molar-refractivity contribution in [3.8, 4) is 22.3 Å². The van der Waals surface area contributed by atoms with Gasteiger partial charge in [0.2, 0.25) is 7.41 Å². The molecule has 28 heavy (non-hydrogen) atoms. The maximum Gasteiger partial charge on any atom is 0.242 e. The normalized spacial score (nSPS) is 11.0. The van der Waals surface area contributed by atoms with Gasteiger partial charge in [-0.2, -0.15) is 0 Å². The molecule has 5 rings (SSSR count). The van der Waals surface area contributed by atoms with Gasteiger partial charge in [0.25, 0.3) is 0 Å². The first kappa shape index (κ1) is 16.8. The van der Waals surface area contributed by atoms with Crippen molar-refractivity contribution in [2.24, 2.45) is 5.64 Å². The highest BCUT2D eigenvalue weighted by Crippen LogP contribution is 2.33. The van der Waals surface area contributed by atoms with E-state index in [-0.39, 0.29) is 0 Å². The Bertz CT molecular complexity index is 1300. The van der Waals surface area contributed by atoms with E-state index in [0.29, 0.717) is 0 Å². The Morgan fingerprint density at radius 2 is 1.07 bits per heavy atom. The third-order valence-corrected chi connectivity index (χ3v) is 5.41. The van der Waals surface area contributed by atoms with Crippen molar-refractivity contribution < 1.29 is 0 Å². The molecule has 131 valence electrons. The molecule has 5 aromatic rings.